The van der Waals surface area contributed by atoms with E-state index in [1.165, 1.54) is 6.20 Å². The summed E-state index contributed by atoms with van der Waals surface area (Å²) >= 11 is 11.8. The Kier molecular flexibility index (Phi) is 6.00. The van der Waals surface area contributed by atoms with Gasteiger partial charge >= 0.3 is 12.0 Å². The number of aryl methyl sites for hydroxylation is 1. The smallest absolute Gasteiger partial charge is 0.326 e. The number of carbonyl (C=O) groups excluding carboxylic acids is 1. The number of urea groups is 1. The number of pyridine rings is 1. The molecule has 2 aromatic rings. The number of benzene rings is 1. The Morgan fingerprint density at radius 2 is 1.83 bits per heavy atom. The van der Waals surface area contributed by atoms with Crippen molar-refractivity contribution < 1.29 is 14.7 Å². The summed E-state index contributed by atoms with van der Waals surface area (Å²) in [6.07, 6.45) is 3.17. The summed E-state index contributed by atoms with van der Waals surface area (Å²) in [7, 11) is 0. The number of carbonyl (C=O) groups is 2. The summed E-state index contributed by atoms with van der Waals surface area (Å²) < 4.78 is 0. The summed E-state index contributed by atoms with van der Waals surface area (Å²) in [4.78, 5) is 27.3. The lowest BCUT2D eigenvalue weighted by Crippen LogP contribution is -2.44. The van der Waals surface area contributed by atoms with Gasteiger partial charge in [0.2, 0.25) is 0 Å². The van der Waals surface area contributed by atoms with Crippen LogP contribution >= 0.6 is 23.2 Å². The third kappa shape index (κ3) is 5.40. The number of carboxylic acids is 1. The summed E-state index contributed by atoms with van der Waals surface area (Å²) in [5.74, 6) is -1.16. The van der Waals surface area contributed by atoms with Crippen LogP contribution < -0.4 is 10.6 Å². The van der Waals surface area contributed by atoms with Crippen LogP contribution in [0.4, 0.5) is 10.5 Å². The number of hydrogen-bond acceptors (Lipinski definition) is 3. The summed E-state index contributed by atoms with van der Waals surface area (Å²) in [5, 5.41) is 15.1. The maximum Gasteiger partial charge on any atom is 0.326 e. The van der Waals surface area contributed by atoms with Gasteiger partial charge in [-0.25, -0.2) is 9.59 Å². The van der Waals surface area contributed by atoms with Crippen LogP contribution in [0.15, 0.2) is 36.7 Å². The molecule has 6 nitrogen and oxygen atoms in total. The first-order valence-electron chi connectivity index (χ1n) is 7.00. The van der Waals surface area contributed by atoms with Crippen molar-refractivity contribution in [3.8, 4) is 0 Å². The molecule has 1 aromatic heterocycles. The van der Waals surface area contributed by atoms with E-state index in [0.717, 1.165) is 5.56 Å². The maximum absolute atomic E-state index is 12.0. The Morgan fingerprint density at radius 3 is 2.42 bits per heavy atom. The molecule has 0 aliphatic heterocycles. The van der Waals surface area contributed by atoms with Gasteiger partial charge in [-0.1, -0.05) is 23.2 Å². The molecular weight excluding hydrogens is 353 g/mol. The van der Waals surface area contributed by atoms with Gasteiger partial charge in [0.15, 0.2) is 0 Å². The molecule has 24 heavy (non-hydrogen) atoms. The second-order valence-corrected chi connectivity index (χ2v) is 6.09. The van der Waals surface area contributed by atoms with Crippen LogP contribution in [-0.2, 0) is 11.2 Å². The molecule has 0 fully saturated rings. The van der Waals surface area contributed by atoms with Crippen molar-refractivity contribution in [1.82, 2.24) is 10.3 Å². The highest BCUT2D eigenvalue weighted by Gasteiger charge is 2.21. The Bertz CT molecular complexity index is 748. The van der Waals surface area contributed by atoms with E-state index in [0.29, 0.717) is 21.3 Å². The third-order valence-electron chi connectivity index (χ3n) is 3.10. The summed E-state index contributed by atoms with van der Waals surface area (Å²) in [5.41, 5.74) is 1.95. The molecule has 0 bridgehead atoms. The average Bonchev–Trinajstić information content (AvgIpc) is 2.45. The monoisotopic (exact) mass is 367 g/mol. The van der Waals surface area contributed by atoms with E-state index < -0.39 is 18.0 Å². The van der Waals surface area contributed by atoms with Gasteiger partial charge in [0.1, 0.15) is 6.04 Å². The van der Waals surface area contributed by atoms with Crippen molar-refractivity contribution in [2.45, 2.75) is 19.4 Å². The molecule has 2 amide bonds. The predicted molar refractivity (Wildman–Crippen MR) is 92.7 cm³/mol. The first-order chi connectivity index (χ1) is 11.3. The lowest BCUT2D eigenvalue weighted by atomic mass is 10.1. The average molecular weight is 368 g/mol. The molecule has 8 heteroatoms. The largest absolute Gasteiger partial charge is 0.480 e. The Balaban J connectivity index is 2.05. The fraction of sp³-hybridized carbons (Fsp3) is 0.188. The Hall–Kier alpha value is -2.31. The molecule has 1 aromatic carbocycles. The number of anilines is 1. The van der Waals surface area contributed by atoms with E-state index in [2.05, 4.69) is 15.6 Å². The second-order valence-electron chi connectivity index (χ2n) is 5.22. The van der Waals surface area contributed by atoms with Crippen molar-refractivity contribution in [1.29, 1.82) is 0 Å². The van der Waals surface area contributed by atoms with Crippen molar-refractivity contribution in [2.75, 3.05) is 5.32 Å². The van der Waals surface area contributed by atoms with Crippen LogP contribution in [0.2, 0.25) is 10.0 Å². The molecular formula is C16H15Cl2N3O3. The molecule has 0 radical (unpaired) electrons. The highest BCUT2D eigenvalue weighted by molar-refractivity contribution is 6.34. The number of rotatable bonds is 5. The molecule has 3 N–H and O–H groups in total. The third-order valence-corrected chi connectivity index (χ3v) is 3.53. The minimum atomic E-state index is -1.16. The van der Waals surface area contributed by atoms with E-state index in [9.17, 15) is 14.7 Å². The molecule has 0 aliphatic carbocycles. The van der Waals surface area contributed by atoms with Gasteiger partial charge in [-0.2, -0.15) is 0 Å². The zero-order valence-electron chi connectivity index (χ0n) is 12.7. The summed E-state index contributed by atoms with van der Waals surface area (Å²) in [6, 6.07) is 4.72. The number of halogens is 2. The van der Waals surface area contributed by atoms with E-state index >= 15 is 0 Å². The van der Waals surface area contributed by atoms with Crippen LogP contribution in [0.1, 0.15) is 11.1 Å². The molecule has 1 heterocycles. The number of nitrogens with one attached hydrogen (secondary N) is 2. The Labute approximate surface area is 148 Å². The number of amides is 2. The molecule has 1 unspecified atom stereocenters. The lowest BCUT2D eigenvalue weighted by Gasteiger charge is -2.15. The fourth-order valence-corrected chi connectivity index (χ4v) is 2.68. The number of carboxylic acid groups (broad SMARTS) is 1. The SMILES string of the molecule is Cc1cncc(NC(=O)NC(Cc2cc(Cl)cc(Cl)c2)C(=O)O)c1. The number of hydrogen-bond donors (Lipinski definition) is 3. The standard InChI is InChI=1S/C16H15Cl2N3O3/c1-9-2-13(8-19-7-9)20-16(24)21-14(15(22)23)5-10-3-11(17)6-12(18)4-10/h2-4,6-8,14H,5H2,1H3,(H,22,23)(H2,20,21,24). The first kappa shape index (κ1) is 18.0. The van der Waals surface area contributed by atoms with Crippen LogP contribution in [0.5, 0.6) is 0 Å². The van der Waals surface area contributed by atoms with E-state index in [1.54, 1.807) is 30.5 Å². The second kappa shape index (κ2) is 7.99. The molecule has 1 atom stereocenters. The van der Waals surface area contributed by atoms with Gasteiger partial charge in [-0.15, -0.1) is 0 Å². The molecule has 0 aliphatic rings. The van der Waals surface area contributed by atoms with Gasteiger partial charge in [-0.05, 0) is 42.3 Å². The van der Waals surface area contributed by atoms with Crippen molar-refractivity contribution in [3.63, 3.8) is 0 Å². The molecule has 2 rings (SSSR count). The minimum absolute atomic E-state index is 0.0507. The normalized spacial score (nSPS) is 11.6. The fourth-order valence-electron chi connectivity index (χ4n) is 2.11. The number of aliphatic carboxylic acids is 1. The van der Waals surface area contributed by atoms with Crippen LogP contribution in [-0.4, -0.2) is 28.1 Å². The predicted octanol–water partition coefficient (Wildman–Crippen LogP) is 3.51. The first-order valence-corrected chi connectivity index (χ1v) is 7.76. The van der Waals surface area contributed by atoms with Crippen LogP contribution in [0.3, 0.4) is 0 Å². The van der Waals surface area contributed by atoms with Gasteiger partial charge in [0.05, 0.1) is 11.9 Å². The molecule has 0 saturated carbocycles. The van der Waals surface area contributed by atoms with Crippen molar-refractivity contribution in [2.24, 2.45) is 0 Å². The molecule has 0 saturated heterocycles. The van der Waals surface area contributed by atoms with Crippen molar-refractivity contribution in [3.05, 3.63) is 57.8 Å². The van der Waals surface area contributed by atoms with E-state index in [-0.39, 0.29) is 6.42 Å². The Morgan fingerprint density at radius 1 is 1.17 bits per heavy atom. The van der Waals surface area contributed by atoms with Gasteiger partial charge in [-0.3, -0.25) is 4.98 Å². The van der Waals surface area contributed by atoms with Gasteiger partial charge < -0.3 is 15.7 Å². The van der Waals surface area contributed by atoms with Crippen molar-refractivity contribution >= 4 is 40.9 Å². The van der Waals surface area contributed by atoms with Gasteiger partial charge in [0, 0.05) is 22.7 Å². The molecule has 126 valence electrons. The van der Waals surface area contributed by atoms with Crippen LogP contribution in [0, 0.1) is 6.92 Å². The lowest BCUT2D eigenvalue weighted by molar-refractivity contribution is -0.139. The van der Waals surface area contributed by atoms with E-state index in [4.69, 9.17) is 23.2 Å². The minimum Gasteiger partial charge on any atom is -0.480 e. The summed E-state index contributed by atoms with van der Waals surface area (Å²) in [6.45, 7) is 1.83. The zero-order chi connectivity index (χ0) is 17.7. The maximum atomic E-state index is 12.0. The number of aromatic nitrogens is 1. The van der Waals surface area contributed by atoms with Crippen LogP contribution in [0.25, 0.3) is 0 Å². The number of nitrogens with zero attached hydrogens (tertiary/aromatic N) is 1. The highest BCUT2D eigenvalue weighted by atomic mass is 35.5. The zero-order valence-corrected chi connectivity index (χ0v) is 14.2. The highest BCUT2D eigenvalue weighted by Crippen LogP contribution is 2.20. The molecule has 0 spiro atoms. The van der Waals surface area contributed by atoms with E-state index in [1.807, 2.05) is 6.92 Å². The topological polar surface area (TPSA) is 91.3 Å². The van der Waals surface area contributed by atoms with Gasteiger partial charge in [0.25, 0.3) is 0 Å². The quantitative estimate of drug-likeness (QED) is 0.753.